The molecule has 2 heterocycles. The maximum Gasteiger partial charge on any atom is 0.138 e. The van der Waals surface area contributed by atoms with Crippen molar-refractivity contribution >= 4 is 44.3 Å². The molecule has 1 aliphatic heterocycles. The van der Waals surface area contributed by atoms with Crippen LogP contribution in [0.15, 0.2) is 11.0 Å². The van der Waals surface area contributed by atoms with Gasteiger partial charge < -0.3 is 0 Å². The summed E-state index contributed by atoms with van der Waals surface area (Å²) in [5.74, 6) is 0. The zero-order valence-electron chi connectivity index (χ0n) is 13.0. The zero-order valence-corrected chi connectivity index (χ0v) is 14.6. The van der Waals surface area contributed by atoms with E-state index in [0.29, 0.717) is 16.9 Å². The Morgan fingerprint density at radius 1 is 1.04 bits per heavy atom. The van der Waals surface area contributed by atoms with E-state index >= 15 is 0 Å². The Morgan fingerprint density at radius 3 is 2.21 bits per heavy atom. The summed E-state index contributed by atoms with van der Waals surface area (Å²) >= 11 is 3.10. The van der Waals surface area contributed by atoms with Gasteiger partial charge in [-0.2, -0.15) is 21.0 Å². The Labute approximate surface area is 147 Å². The molecule has 0 aliphatic carbocycles. The van der Waals surface area contributed by atoms with Gasteiger partial charge in [0.25, 0.3) is 0 Å². The second-order valence-electron chi connectivity index (χ2n) is 5.49. The smallest absolute Gasteiger partial charge is 0.138 e. The number of fused-ring (bicyclic) bond motifs is 2. The molecule has 4 nitrogen and oxygen atoms in total. The Kier molecular flexibility index (Phi) is 4.04. The molecule has 1 aromatic carbocycles. The zero-order chi connectivity index (χ0) is 17.4. The standard InChI is InChI=1S/C18H10N4S2/c1-9-3-13-15(11(5-19)6-20)18-14(4-10(2)24-18)16(17(13)23-9)12(7-21)8-22/h3,10H,4H2,1-2H3. The SMILES string of the molecule is Cc1cc2c(=C(C#N)C#N)c3c(c(=C(C#N)C#N)c2s1)CC(C)S3. The van der Waals surface area contributed by atoms with Gasteiger partial charge in [-0.25, -0.2) is 0 Å². The molecular formula is C18H10N4S2. The lowest BCUT2D eigenvalue weighted by Gasteiger charge is -2.05. The van der Waals surface area contributed by atoms with Crippen molar-refractivity contribution in [1.29, 1.82) is 21.0 Å². The van der Waals surface area contributed by atoms with Crippen LogP contribution in [0.2, 0.25) is 0 Å². The maximum atomic E-state index is 9.39. The van der Waals surface area contributed by atoms with Crippen LogP contribution >= 0.6 is 23.1 Å². The van der Waals surface area contributed by atoms with Crippen LogP contribution in [0.25, 0.3) is 21.2 Å². The van der Waals surface area contributed by atoms with Crippen molar-refractivity contribution in [3.63, 3.8) is 0 Å². The summed E-state index contributed by atoms with van der Waals surface area (Å²) in [6, 6.07) is 9.95. The number of benzene rings is 1. The average molecular weight is 346 g/mol. The molecular weight excluding hydrogens is 336 g/mol. The third kappa shape index (κ3) is 2.26. The van der Waals surface area contributed by atoms with Crippen LogP contribution in [0, 0.1) is 52.2 Å². The molecule has 6 heteroatoms. The minimum absolute atomic E-state index is 0.0812. The van der Waals surface area contributed by atoms with E-state index < -0.39 is 0 Å². The fourth-order valence-corrected chi connectivity index (χ4v) is 5.46. The van der Waals surface area contributed by atoms with Crippen LogP contribution in [0.4, 0.5) is 0 Å². The highest BCUT2D eigenvalue weighted by Crippen LogP contribution is 2.36. The van der Waals surface area contributed by atoms with Crippen molar-refractivity contribution < 1.29 is 0 Å². The van der Waals surface area contributed by atoms with Crippen molar-refractivity contribution in [3.05, 3.63) is 26.9 Å². The lowest BCUT2D eigenvalue weighted by molar-refractivity contribution is 0.953. The number of thioether (sulfide) groups is 1. The molecule has 0 N–H and O–H groups in total. The summed E-state index contributed by atoms with van der Waals surface area (Å²) in [6.45, 7) is 4.00. The highest BCUT2D eigenvalue weighted by Gasteiger charge is 2.26. The maximum absolute atomic E-state index is 9.39. The molecule has 1 aromatic heterocycles. The van der Waals surface area contributed by atoms with Crippen molar-refractivity contribution in [2.75, 3.05) is 0 Å². The van der Waals surface area contributed by atoms with Crippen LogP contribution < -0.4 is 10.4 Å². The number of thiophene rings is 1. The van der Waals surface area contributed by atoms with Crippen LogP contribution in [0.3, 0.4) is 0 Å². The van der Waals surface area contributed by atoms with Crippen LogP contribution in [-0.4, -0.2) is 5.25 Å². The van der Waals surface area contributed by atoms with E-state index in [-0.39, 0.29) is 16.4 Å². The Bertz CT molecular complexity index is 1050. The summed E-state index contributed by atoms with van der Waals surface area (Å²) < 4.78 is 0.817. The van der Waals surface area contributed by atoms with Crippen molar-refractivity contribution in [2.24, 2.45) is 0 Å². The molecule has 1 unspecified atom stereocenters. The number of aryl methyl sites for hydroxylation is 1. The first kappa shape index (κ1) is 16.1. The number of nitriles is 4. The molecule has 1 atom stereocenters. The Morgan fingerprint density at radius 2 is 1.62 bits per heavy atom. The molecule has 0 saturated heterocycles. The highest BCUT2D eigenvalue weighted by atomic mass is 32.2. The number of rotatable bonds is 0. The lowest BCUT2D eigenvalue weighted by atomic mass is 9.98. The van der Waals surface area contributed by atoms with Gasteiger partial charge in [-0.15, -0.1) is 23.1 Å². The summed E-state index contributed by atoms with van der Waals surface area (Å²) in [7, 11) is 0. The van der Waals surface area contributed by atoms with E-state index in [0.717, 1.165) is 25.4 Å². The molecule has 0 radical (unpaired) electrons. The predicted molar refractivity (Wildman–Crippen MR) is 94.1 cm³/mol. The normalized spacial score (nSPS) is 15.0. The third-order valence-corrected chi connectivity index (χ3v) is 6.24. The minimum atomic E-state index is 0.0812. The van der Waals surface area contributed by atoms with E-state index in [1.165, 1.54) is 11.3 Å². The predicted octanol–water partition coefficient (Wildman–Crippen LogP) is 2.64. The monoisotopic (exact) mass is 346 g/mol. The molecule has 0 bridgehead atoms. The number of nitrogens with zero attached hydrogens (tertiary/aromatic N) is 4. The van der Waals surface area contributed by atoms with Gasteiger partial charge in [0.2, 0.25) is 0 Å². The van der Waals surface area contributed by atoms with E-state index in [4.69, 9.17) is 0 Å². The topological polar surface area (TPSA) is 95.2 Å². The molecule has 0 spiro atoms. The molecule has 114 valence electrons. The quantitative estimate of drug-likeness (QED) is 0.731. The van der Waals surface area contributed by atoms with Gasteiger partial charge in [0.15, 0.2) is 0 Å². The average Bonchev–Trinajstić information content (AvgIpc) is 3.12. The third-order valence-electron chi connectivity index (χ3n) is 3.91. The van der Waals surface area contributed by atoms with Crippen LogP contribution in [0.5, 0.6) is 0 Å². The van der Waals surface area contributed by atoms with E-state index in [2.05, 4.69) is 6.92 Å². The summed E-state index contributed by atoms with van der Waals surface area (Å²) in [6.07, 6.45) is 0.715. The fraction of sp³-hybridized carbons (Fsp3) is 0.222. The summed E-state index contributed by atoms with van der Waals surface area (Å²) in [5, 5.41) is 40.0. The van der Waals surface area contributed by atoms with Crippen molar-refractivity contribution in [3.8, 4) is 24.3 Å². The molecule has 24 heavy (non-hydrogen) atoms. The number of hydrogen-bond acceptors (Lipinski definition) is 6. The fourth-order valence-electron chi connectivity index (χ4n) is 3.05. The van der Waals surface area contributed by atoms with E-state index in [1.807, 2.05) is 37.3 Å². The van der Waals surface area contributed by atoms with Gasteiger partial charge in [0.1, 0.15) is 35.4 Å². The first-order chi connectivity index (χ1) is 11.5. The first-order valence-electron chi connectivity index (χ1n) is 7.16. The van der Waals surface area contributed by atoms with Crippen molar-refractivity contribution in [1.82, 2.24) is 0 Å². The van der Waals surface area contributed by atoms with Gasteiger partial charge in [-0.05, 0) is 25.0 Å². The molecule has 3 rings (SSSR count). The van der Waals surface area contributed by atoms with Crippen LogP contribution in [0.1, 0.15) is 17.4 Å². The molecule has 0 amide bonds. The van der Waals surface area contributed by atoms with Crippen molar-refractivity contribution in [2.45, 2.75) is 30.4 Å². The molecule has 1 aliphatic rings. The Hall–Kier alpha value is -2.77. The van der Waals surface area contributed by atoms with E-state index in [9.17, 15) is 21.0 Å². The first-order valence-corrected chi connectivity index (χ1v) is 8.86. The minimum Gasteiger partial charge on any atom is -0.192 e. The summed E-state index contributed by atoms with van der Waals surface area (Å²) in [5.41, 5.74) is 1.09. The molecule has 2 aromatic rings. The van der Waals surface area contributed by atoms with E-state index in [1.54, 1.807) is 11.8 Å². The lowest BCUT2D eigenvalue weighted by Crippen LogP contribution is -2.21. The molecule has 0 saturated carbocycles. The second kappa shape index (κ2) is 6.03. The van der Waals surface area contributed by atoms with Gasteiger partial charge in [0, 0.05) is 35.5 Å². The van der Waals surface area contributed by atoms with Gasteiger partial charge >= 0.3 is 0 Å². The number of hydrogen-bond donors (Lipinski definition) is 0. The summed E-state index contributed by atoms with van der Waals surface area (Å²) in [4.78, 5) is 1.88. The largest absolute Gasteiger partial charge is 0.192 e. The Balaban J connectivity index is 2.78. The van der Waals surface area contributed by atoms with Crippen LogP contribution in [-0.2, 0) is 6.42 Å². The molecule has 0 fully saturated rings. The highest BCUT2D eigenvalue weighted by molar-refractivity contribution is 8.00. The van der Waals surface area contributed by atoms with Gasteiger partial charge in [-0.1, -0.05) is 6.92 Å². The second-order valence-corrected chi connectivity index (χ2v) is 8.19. The van der Waals surface area contributed by atoms with Gasteiger partial charge in [0.05, 0.1) is 0 Å². The van der Waals surface area contributed by atoms with Gasteiger partial charge in [-0.3, -0.25) is 0 Å².